The van der Waals surface area contributed by atoms with E-state index in [1.165, 1.54) is 7.11 Å². The van der Waals surface area contributed by atoms with Crippen molar-refractivity contribution in [2.75, 3.05) is 25.7 Å². The van der Waals surface area contributed by atoms with E-state index in [-0.39, 0.29) is 24.8 Å². The summed E-state index contributed by atoms with van der Waals surface area (Å²) in [7, 11) is 1.29. The number of rotatable bonds is 9. The maximum Gasteiger partial charge on any atom is 0.328 e. The first kappa shape index (κ1) is 20.0. The Morgan fingerprint density at radius 3 is 2.46 bits per heavy atom. The van der Waals surface area contributed by atoms with Gasteiger partial charge in [0.05, 0.1) is 7.11 Å². The minimum absolute atomic E-state index is 0.102. The highest BCUT2D eigenvalue weighted by molar-refractivity contribution is 7.98. The first-order chi connectivity index (χ1) is 11.5. The van der Waals surface area contributed by atoms with Gasteiger partial charge in [0, 0.05) is 18.5 Å². The van der Waals surface area contributed by atoms with Gasteiger partial charge in [0.2, 0.25) is 5.91 Å². The van der Waals surface area contributed by atoms with Crippen molar-refractivity contribution in [3.63, 3.8) is 0 Å². The van der Waals surface area contributed by atoms with Crippen LogP contribution in [0.5, 0.6) is 0 Å². The standard InChI is InChI=1S/C17H24N2O4S/c1-12-4-6-13(7-5-12)16(21)18-10-8-15(20)19-14(9-11-24-3)17(22)23-2/h4-7,14H,8-11H2,1-3H3,(H,18,21)(H,19,20)/t14-/m0/s1. The average Bonchev–Trinajstić information content (AvgIpc) is 2.58. The summed E-state index contributed by atoms with van der Waals surface area (Å²) < 4.78 is 4.69. The number of nitrogens with one attached hydrogen (secondary N) is 2. The lowest BCUT2D eigenvalue weighted by Crippen LogP contribution is -2.43. The van der Waals surface area contributed by atoms with Crippen molar-refractivity contribution >= 4 is 29.5 Å². The predicted octanol–water partition coefficient (Wildman–Crippen LogP) is 1.53. The number of methoxy groups -OCH3 is 1. The van der Waals surface area contributed by atoms with Crippen LogP contribution >= 0.6 is 11.8 Å². The summed E-state index contributed by atoms with van der Waals surface area (Å²) >= 11 is 1.59. The Balaban J connectivity index is 2.39. The highest BCUT2D eigenvalue weighted by Gasteiger charge is 2.20. The SMILES string of the molecule is COC(=O)[C@H](CCSC)NC(=O)CCNC(=O)c1ccc(C)cc1. The van der Waals surface area contributed by atoms with E-state index in [1.807, 2.05) is 25.3 Å². The van der Waals surface area contributed by atoms with Crippen molar-refractivity contribution < 1.29 is 19.1 Å². The molecular formula is C17H24N2O4S. The molecule has 0 aliphatic carbocycles. The van der Waals surface area contributed by atoms with Crippen LogP contribution in [0.3, 0.4) is 0 Å². The second-order valence-corrected chi connectivity index (χ2v) is 6.28. The quantitative estimate of drug-likeness (QED) is 0.659. The molecule has 0 aliphatic heterocycles. The van der Waals surface area contributed by atoms with Crippen LogP contribution in [-0.2, 0) is 14.3 Å². The fourth-order valence-corrected chi connectivity index (χ4v) is 2.46. The zero-order chi connectivity index (χ0) is 17.9. The van der Waals surface area contributed by atoms with Crippen LogP contribution in [0.1, 0.15) is 28.8 Å². The molecule has 132 valence electrons. The molecule has 0 unspecified atom stereocenters. The Kier molecular flexibility index (Phi) is 8.93. The third-order valence-electron chi connectivity index (χ3n) is 3.38. The molecule has 2 N–H and O–H groups in total. The van der Waals surface area contributed by atoms with Gasteiger partial charge in [-0.2, -0.15) is 11.8 Å². The smallest absolute Gasteiger partial charge is 0.328 e. The maximum atomic E-state index is 11.9. The van der Waals surface area contributed by atoms with Gasteiger partial charge in [0.1, 0.15) is 6.04 Å². The molecule has 1 rings (SSSR count). The second-order valence-electron chi connectivity index (χ2n) is 5.30. The summed E-state index contributed by atoms with van der Waals surface area (Å²) in [5.41, 5.74) is 1.62. The lowest BCUT2D eigenvalue weighted by Gasteiger charge is -2.16. The Bertz CT molecular complexity index is 560. The first-order valence-electron chi connectivity index (χ1n) is 7.69. The van der Waals surface area contributed by atoms with Crippen molar-refractivity contribution in [1.29, 1.82) is 0 Å². The second kappa shape index (κ2) is 10.7. The van der Waals surface area contributed by atoms with Crippen molar-refractivity contribution in [1.82, 2.24) is 10.6 Å². The van der Waals surface area contributed by atoms with Gasteiger partial charge in [-0.1, -0.05) is 17.7 Å². The number of carbonyl (C=O) groups is 3. The summed E-state index contributed by atoms with van der Waals surface area (Å²) in [6.45, 7) is 2.15. The lowest BCUT2D eigenvalue weighted by molar-refractivity contribution is -0.145. The summed E-state index contributed by atoms with van der Waals surface area (Å²) in [5, 5.41) is 5.33. The molecule has 0 aromatic heterocycles. The Morgan fingerprint density at radius 1 is 1.21 bits per heavy atom. The summed E-state index contributed by atoms with van der Waals surface area (Å²) in [6.07, 6.45) is 2.54. The topological polar surface area (TPSA) is 84.5 Å². The van der Waals surface area contributed by atoms with Gasteiger partial charge in [-0.05, 0) is 37.5 Å². The molecule has 1 aromatic rings. The van der Waals surface area contributed by atoms with E-state index >= 15 is 0 Å². The van der Waals surface area contributed by atoms with Crippen LogP contribution in [0.4, 0.5) is 0 Å². The molecule has 0 radical (unpaired) electrons. The average molecular weight is 352 g/mol. The number of thioether (sulfide) groups is 1. The molecule has 0 bridgehead atoms. The van der Waals surface area contributed by atoms with E-state index in [0.717, 1.165) is 11.3 Å². The van der Waals surface area contributed by atoms with Crippen LogP contribution in [0, 0.1) is 6.92 Å². The maximum absolute atomic E-state index is 11.9. The molecule has 1 atom stereocenters. The van der Waals surface area contributed by atoms with E-state index in [4.69, 9.17) is 0 Å². The van der Waals surface area contributed by atoms with Crippen LogP contribution in [0.25, 0.3) is 0 Å². The summed E-state index contributed by atoms with van der Waals surface area (Å²) in [4.78, 5) is 35.5. The minimum Gasteiger partial charge on any atom is -0.467 e. The van der Waals surface area contributed by atoms with Crippen LogP contribution in [0.2, 0.25) is 0 Å². The fourth-order valence-electron chi connectivity index (χ4n) is 1.99. The van der Waals surface area contributed by atoms with Gasteiger partial charge >= 0.3 is 5.97 Å². The number of hydrogen-bond acceptors (Lipinski definition) is 5. The van der Waals surface area contributed by atoms with Crippen molar-refractivity contribution in [3.8, 4) is 0 Å². The number of esters is 1. The molecule has 0 heterocycles. The Labute approximate surface area is 146 Å². The number of aryl methyl sites for hydroxylation is 1. The molecule has 7 heteroatoms. The van der Waals surface area contributed by atoms with E-state index < -0.39 is 12.0 Å². The molecule has 0 fully saturated rings. The lowest BCUT2D eigenvalue weighted by atomic mass is 10.1. The molecule has 2 amide bonds. The van der Waals surface area contributed by atoms with Gasteiger partial charge < -0.3 is 15.4 Å². The Hall–Kier alpha value is -2.02. The van der Waals surface area contributed by atoms with Crippen LogP contribution < -0.4 is 10.6 Å². The number of carbonyl (C=O) groups excluding carboxylic acids is 3. The van der Waals surface area contributed by atoms with E-state index in [9.17, 15) is 14.4 Å². The third-order valence-corrected chi connectivity index (χ3v) is 4.03. The van der Waals surface area contributed by atoms with Gasteiger partial charge in [0.15, 0.2) is 0 Å². The number of hydrogen-bond donors (Lipinski definition) is 2. The van der Waals surface area contributed by atoms with E-state index in [2.05, 4.69) is 15.4 Å². The molecule has 6 nitrogen and oxygen atoms in total. The van der Waals surface area contributed by atoms with E-state index in [0.29, 0.717) is 12.0 Å². The van der Waals surface area contributed by atoms with Crippen molar-refractivity contribution in [2.45, 2.75) is 25.8 Å². The molecule has 0 aliphatic rings. The summed E-state index contributed by atoms with van der Waals surface area (Å²) in [6, 6.07) is 6.53. The molecule has 0 spiro atoms. The van der Waals surface area contributed by atoms with Gasteiger partial charge in [-0.15, -0.1) is 0 Å². The Morgan fingerprint density at radius 2 is 1.88 bits per heavy atom. The normalized spacial score (nSPS) is 11.5. The van der Waals surface area contributed by atoms with Crippen molar-refractivity contribution in [3.05, 3.63) is 35.4 Å². The largest absolute Gasteiger partial charge is 0.467 e. The monoisotopic (exact) mass is 352 g/mol. The summed E-state index contributed by atoms with van der Waals surface area (Å²) in [5.74, 6) is -0.240. The third kappa shape index (κ3) is 7.04. The van der Waals surface area contributed by atoms with Crippen molar-refractivity contribution in [2.24, 2.45) is 0 Å². The zero-order valence-electron chi connectivity index (χ0n) is 14.3. The van der Waals surface area contributed by atoms with Gasteiger partial charge in [0.25, 0.3) is 5.91 Å². The molecule has 0 saturated heterocycles. The minimum atomic E-state index is -0.650. The molecular weight excluding hydrogens is 328 g/mol. The van der Waals surface area contributed by atoms with Crippen LogP contribution in [-0.4, -0.2) is 49.5 Å². The molecule has 24 heavy (non-hydrogen) atoms. The molecule has 0 saturated carbocycles. The zero-order valence-corrected chi connectivity index (χ0v) is 15.1. The van der Waals surface area contributed by atoms with Gasteiger partial charge in [-0.25, -0.2) is 4.79 Å². The fraction of sp³-hybridized carbons (Fsp3) is 0.471. The highest BCUT2D eigenvalue weighted by atomic mass is 32.2. The van der Waals surface area contributed by atoms with Crippen LogP contribution in [0.15, 0.2) is 24.3 Å². The predicted molar refractivity (Wildman–Crippen MR) is 95.1 cm³/mol. The molecule has 1 aromatic carbocycles. The highest BCUT2D eigenvalue weighted by Crippen LogP contribution is 2.04. The first-order valence-corrected chi connectivity index (χ1v) is 9.08. The number of ether oxygens (including phenoxy) is 1. The number of benzene rings is 1. The van der Waals surface area contributed by atoms with E-state index in [1.54, 1.807) is 23.9 Å². The van der Waals surface area contributed by atoms with Gasteiger partial charge in [-0.3, -0.25) is 9.59 Å². The number of amides is 2.